The van der Waals surface area contributed by atoms with E-state index in [0.717, 1.165) is 22.6 Å². The van der Waals surface area contributed by atoms with E-state index in [-0.39, 0.29) is 11.8 Å². The average Bonchev–Trinajstić information content (AvgIpc) is 2.48. The van der Waals surface area contributed by atoms with Crippen LogP contribution in [0.25, 0.3) is 0 Å². The maximum atomic E-state index is 11.1. The van der Waals surface area contributed by atoms with E-state index in [9.17, 15) is 4.79 Å². The van der Waals surface area contributed by atoms with Crippen molar-refractivity contribution in [2.24, 2.45) is 0 Å². The molecule has 0 radical (unpaired) electrons. The Balaban J connectivity index is 1.94. The number of carbonyl (C=O) groups is 1. The maximum Gasteiger partial charge on any atom is 0.239 e. The molecule has 0 spiro atoms. The SMILES string of the molecule is Cc1ccccc1OCc1ccc(NC(=O)CCl)cc1. The molecule has 0 fully saturated rings. The molecule has 104 valence electrons. The Morgan fingerprint density at radius 1 is 1.15 bits per heavy atom. The van der Waals surface area contributed by atoms with Crippen LogP contribution in [-0.4, -0.2) is 11.8 Å². The minimum absolute atomic E-state index is 0.0435. The second kappa shape index (κ2) is 6.96. The van der Waals surface area contributed by atoms with E-state index in [1.165, 1.54) is 0 Å². The number of nitrogens with one attached hydrogen (secondary N) is 1. The monoisotopic (exact) mass is 289 g/mol. The van der Waals surface area contributed by atoms with Gasteiger partial charge in [0.25, 0.3) is 0 Å². The van der Waals surface area contributed by atoms with Crippen molar-refractivity contribution in [3.05, 3.63) is 59.7 Å². The molecule has 0 aromatic heterocycles. The summed E-state index contributed by atoms with van der Waals surface area (Å²) >= 11 is 5.43. The van der Waals surface area contributed by atoms with Gasteiger partial charge in [-0.2, -0.15) is 0 Å². The molecular weight excluding hydrogens is 274 g/mol. The van der Waals surface area contributed by atoms with Gasteiger partial charge in [0.2, 0.25) is 5.91 Å². The van der Waals surface area contributed by atoms with E-state index in [4.69, 9.17) is 16.3 Å². The van der Waals surface area contributed by atoms with Crippen molar-refractivity contribution in [3.63, 3.8) is 0 Å². The molecule has 2 aromatic carbocycles. The highest BCUT2D eigenvalue weighted by molar-refractivity contribution is 6.29. The van der Waals surface area contributed by atoms with E-state index in [1.54, 1.807) is 0 Å². The number of benzene rings is 2. The number of amides is 1. The smallest absolute Gasteiger partial charge is 0.239 e. The highest BCUT2D eigenvalue weighted by Gasteiger charge is 2.01. The van der Waals surface area contributed by atoms with Gasteiger partial charge in [0.15, 0.2) is 0 Å². The Morgan fingerprint density at radius 2 is 1.85 bits per heavy atom. The normalized spacial score (nSPS) is 10.1. The van der Waals surface area contributed by atoms with Crippen molar-refractivity contribution in [1.82, 2.24) is 0 Å². The molecule has 4 heteroatoms. The lowest BCUT2D eigenvalue weighted by Gasteiger charge is -2.09. The van der Waals surface area contributed by atoms with Gasteiger partial charge in [0.05, 0.1) is 0 Å². The van der Waals surface area contributed by atoms with Gasteiger partial charge in [-0.05, 0) is 36.2 Å². The van der Waals surface area contributed by atoms with Crippen molar-refractivity contribution >= 4 is 23.2 Å². The maximum absolute atomic E-state index is 11.1. The summed E-state index contributed by atoms with van der Waals surface area (Å²) in [4.78, 5) is 11.1. The molecule has 0 aliphatic heterocycles. The lowest BCUT2D eigenvalue weighted by atomic mass is 10.2. The van der Waals surface area contributed by atoms with Crippen LogP contribution in [0.5, 0.6) is 5.75 Å². The largest absolute Gasteiger partial charge is 0.489 e. The van der Waals surface area contributed by atoms with Crippen LogP contribution in [0.15, 0.2) is 48.5 Å². The van der Waals surface area contributed by atoms with Gasteiger partial charge in [-0.1, -0.05) is 30.3 Å². The number of carbonyl (C=O) groups excluding carboxylic acids is 1. The molecule has 0 heterocycles. The Morgan fingerprint density at radius 3 is 2.50 bits per heavy atom. The predicted molar refractivity (Wildman–Crippen MR) is 81.3 cm³/mol. The molecule has 0 saturated carbocycles. The van der Waals surface area contributed by atoms with Crippen molar-refractivity contribution in [2.45, 2.75) is 13.5 Å². The van der Waals surface area contributed by atoms with Gasteiger partial charge in [0.1, 0.15) is 18.2 Å². The van der Waals surface area contributed by atoms with E-state index >= 15 is 0 Å². The molecule has 0 bridgehead atoms. The molecule has 2 rings (SSSR count). The van der Waals surface area contributed by atoms with Gasteiger partial charge in [0, 0.05) is 5.69 Å². The first kappa shape index (κ1) is 14.4. The number of hydrogen-bond donors (Lipinski definition) is 1. The molecule has 20 heavy (non-hydrogen) atoms. The number of anilines is 1. The van der Waals surface area contributed by atoms with Crippen LogP contribution in [0.3, 0.4) is 0 Å². The van der Waals surface area contributed by atoms with Gasteiger partial charge in [-0.15, -0.1) is 11.6 Å². The van der Waals surface area contributed by atoms with Crippen molar-refractivity contribution in [3.8, 4) is 5.75 Å². The molecular formula is C16H16ClNO2. The first-order valence-corrected chi connectivity index (χ1v) is 6.85. The fraction of sp³-hybridized carbons (Fsp3) is 0.188. The number of rotatable bonds is 5. The zero-order chi connectivity index (χ0) is 14.4. The van der Waals surface area contributed by atoms with E-state index in [1.807, 2.05) is 55.5 Å². The van der Waals surface area contributed by atoms with Crippen LogP contribution in [0.1, 0.15) is 11.1 Å². The summed E-state index contributed by atoms with van der Waals surface area (Å²) in [5.41, 5.74) is 2.88. The number of ether oxygens (including phenoxy) is 1. The minimum Gasteiger partial charge on any atom is -0.489 e. The summed E-state index contributed by atoms with van der Waals surface area (Å²) in [6.45, 7) is 2.51. The third-order valence-electron chi connectivity index (χ3n) is 2.85. The highest BCUT2D eigenvalue weighted by Crippen LogP contribution is 2.18. The van der Waals surface area contributed by atoms with Gasteiger partial charge in [-0.3, -0.25) is 4.79 Å². The number of aryl methyl sites for hydroxylation is 1. The summed E-state index contributed by atoms with van der Waals surface area (Å²) in [7, 11) is 0. The molecule has 3 nitrogen and oxygen atoms in total. The summed E-state index contributed by atoms with van der Waals surface area (Å²) in [6.07, 6.45) is 0. The van der Waals surface area contributed by atoms with Crippen LogP contribution < -0.4 is 10.1 Å². The molecule has 0 aliphatic carbocycles. The predicted octanol–water partition coefficient (Wildman–Crippen LogP) is 3.75. The van der Waals surface area contributed by atoms with E-state index in [2.05, 4.69) is 5.32 Å². The number of alkyl halides is 1. The summed E-state index contributed by atoms with van der Waals surface area (Å²) in [5, 5.41) is 2.69. The fourth-order valence-corrected chi connectivity index (χ4v) is 1.82. The van der Waals surface area contributed by atoms with Gasteiger partial charge in [-0.25, -0.2) is 0 Å². The van der Waals surface area contributed by atoms with Gasteiger partial charge < -0.3 is 10.1 Å². The van der Waals surface area contributed by atoms with Gasteiger partial charge >= 0.3 is 0 Å². The second-order valence-electron chi connectivity index (χ2n) is 4.43. The third-order valence-corrected chi connectivity index (χ3v) is 3.09. The molecule has 2 aromatic rings. The number of halogens is 1. The van der Waals surface area contributed by atoms with Crippen LogP contribution in [-0.2, 0) is 11.4 Å². The standard InChI is InChI=1S/C16H16ClNO2/c1-12-4-2-3-5-15(12)20-11-13-6-8-14(9-7-13)18-16(19)10-17/h2-9H,10-11H2,1H3,(H,18,19). The Bertz CT molecular complexity index is 581. The molecule has 1 N–H and O–H groups in total. The molecule has 0 unspecified atom stereocenters. The van der Waals surface area contributed by atoms with Crippen LogP contribution >= 0.6 is 11.6 Å². The van der Waals surface area contributed by atoms with E-state index in [0.29, 0.717) is 6.61 Å². The quantitative estimate of drug-likeness (QED) is 0.851. The Kier molecular flexibility index (Phi) is 5.02. The lowest BCUT2D eigenvalue weighted by Crippen LogP contribution is -2.12. The fourth-order valence-electron chi connectivity index (χ4n) is 1.76. The topological polar surface area (TPSA) is 38.3 Å². The van der Waals surface area contributed by atoms with Crippen LogP contribution in [0.4, 0.5) is 5.69 Å². The van der Waals surface area contributed by atoms with Crippen LogP contribution in [0, 0.1) is 6.92 Å². The summed E-state index contributed by atoms with van der Waals surface area (Å²) < 4.78 is 5.76. The second-order valence-corrected chi connectivity index (χ2v) is 4.70. The molecule has 0 atom stereocenters. The summed E-state index contributed by atoms with van der Waals surface area (Å²) in [6, 6.07) is 15.4. The van der Waals surface area contributed by atoms with Crippen molar-refractivity contribution in [2.75, 3.05) is 11.2 Å². The van der Waals surface area contributed by atoms with Crippen molar-refractivity contribution < 1.29 is 9.53 Å². The first-order valence-electron chi connectivity index (χ1n) is 6.32. The first-order chi connectivity index (χ1) is 9.69. The van der Waals surface area contributed by atoms with Crippen LogP contribution in [0.2, 0.25) is 0 Å². The molecule has 1 amide bonds. The Labute approximate surface area is 123 Å². The third kappa shape index (κ3) is 4.00. The highest BCUT2D eigenvalue weighted by atomic mass is 35.5. The summed E-state index contributed by atoms with van der Waals surface area (Å²) in [5.74, 6) is 0.626. The number of para-hydroxylation sites is 1. The lowest BCUT2D eigenvalue weighted by molar-refractivity contribution is -0.113. The molecule has 0 aliphatic rings. The molecule has 0 saturated heterocycles. The zero-order valence-corrected chi connectivity index (χ0v) is 12.0. The minimum atomic E-state index is -0.212. The van der Waals surface area contributed by atoms with E-state index < -0.39 is 0 Å². The average molecular weight is 290 g/mol. The zero-order valence-electron chi connectivity index (χ0n) is 11.2. The number of hydrogen-bond acceptors (Lipinski definition) is 2. The van der Waals surface area contributed by atoms with Crippen molar-refractivity contribution in [1.29, 1.82) is 0 Å². The Hall–Kier alpha value is -2.00.